The minimum atomic E-state index is -1.10. The van der Waals surface area contributed by atoms with Crippen LogP contribution in [0.5, 0.6) is 0 Å². The highest BCUT2D eigenvalue weighted by Crippen LogP contribution is 2.34. The van der Waals surface area contributed by atoms with Crippen molar-refractivity contribution in [2.45, 2.75) is 39.0 Å². The fourth-order valence-electron chi connectivity index (χ4n) is 1.62. The van der Waals surface area contributed by atoms with E-state index >= 15 is 0 Å². The Labute approximate surface area is 93.4 Å². The SMILES string of the molecule is CCSCC(C(=O)O)N1C(O)OC1(C)C. The number of aliphatic hydroxyl groups is 1. The predicted molar refractivity (Wildman–Crippen MR) is 57.4 cm³/mol. The second-order valence-electron chi connectivity index (χ2n) is 3.81. The number of carboxylic acids is 1. The maximum atomic E-state index is 11.1. The molecule has 6 heteroatoms. The minimum absolute atomic E-state index is 0.454. The number of nitrogens with zero attached hydrogens (tertiary/aromatic N) is 1. The fourth-order valence-corrected chi connectivity index (χ4v) is 2.38. The van der Waals surface area contributed by atoms with Crippen LogP contribution >= 0.6 is 11.8 Å². The molecule has 0 amide bonds. The van der Waals surface area contributed by atoms with Gasteiger partial charge in [0, 0.05) is 5.75 Å². The Hall–Kier alpha value is -0.300. The zero-order chi connectivity index (χ0) is 11.6. The largest absolute Gasteiger partial charge is 0.480 e. The summed E-state index contributed by atoms with van der Waals surface area (Å²) in [5.41, 5.74) is -0.698. The first-order chi connectivity index (χ1) is 6.90. The van der Waals surface area contributed by atoms with Crippen molar-refractivity contribution in [3.8, 4) is 0 Å². The van der Waals surface area contributed by atoms with Crippen molar-refractivity contribution in [1.29, 1.82) is 0 Å². The van der Waals surface area contributed by atoms with E-state index in [2.05, 4.69) is 0 Å². The average molecular weight is 235 g/mol. The molecule has 2 atom stereocenters. The summed E-state index contributed by atoms with van der Waals surface area (Å²) in [5.74, 6) is 0.386. The molecule has 88 valence electrons. The maximum Gasteiger partial charge on any atom is 0.322 e. The first-order valence-electron chi connectivity index (χ1n) is 4.85. The Balaban J connectivity index is 2.67. The predicted octanol–water partition coefficient (Wildman–Crippen LogP) is 0.537. The van der Waals surface area contributed by atoms with Crippen LogP contribution in [-0.2, 0) is 9.53 Å². The highest BCUT2D eigenvalue weighted by atomic mass is 32.2. The fraction of sp³-hybridized carbons (Fsp3) is 0.889. The van der Waals surface area contributed by atoms with Gasteiger partial charge in [0.15, 0.2) is 0 Å². The second-order valence-corrected chi connectivity index (χ2v) is 5.13. The number of thioether (sulfide) groups is 1. The summed E-state index contributed by atoms with van der Waals surface area (Å²) in [6.45, 7) is 5.45. The smallest absolute Gasteiger partial charge is 0.322 e. The van der Waals surface area contributed by atoms with Crippen LogP contribution in [0.4, 0.5) is 0 Å². The molecular formula is C9H17NO4S. The first kappa shape index (κ1) is 12.8. The molecule has 0 spiro atoms. The van der Waals surface area contributed by atoms with Gasteiger partial charge in [-0.05, 0) is 19.6 Å². The number of rotatable bonds is 5. The molecule has 2 unspecified atom stereocenters. The summed E-state index contributed by atoms with van der Waals surface area (Å²) in [4.78, 5) is 12.5. The van der Waals surface area contributed by atoms with Crippen LogP contribution in [0, 0.1) is 0 Å². The van der Waals surface area contributed by atoms with Gasteiger partial charge < -0.3 is 14.9 Å². The Morgan fingerprint density at radius 2 is 2.27 bits per heavy atom. The number of aliphatic carboxylic acids is 1. The minimum Gasteiger partial charge on any atom is -0.480 e. The molecule has 1 rings (SSSR count). The van der Waals surface area contributed by atoms with E-state index in [-0.39, 0.29) is 0 Å². The van der Waals surface area contributed by atoms with Gasteiger partial charge in [0.1, 0.15) is 11.8 Å². The summed E-state index contributed by atoms with van der Waals surface area (Å²) in [6.07, 6.45) is -1.10. The number of hydrogen-bond acceptors (Lipinski definition) is 5. The lowest BCUT2D eigenvalue weighted by Crippen LogP contribution is -2.70. The Morgan fingerprint density at radius 1 is 1.67 bits per heavy atom. The lowest BCUT2D eigenvalue weighted by atomic mass is 10.1. The molecule has 0 saturated carbocycles. The normalized spacial score (nSPS) is 27.1. The van der Waals surface area contributed by atoms with Crippen LogP contribution in [0.2, 0.25) is 0 Å². The van der Waals surface area contributed by atoms with E-state index < -0.39 is 24.2 Å². The van der Waals surface area contributed by atoms with E-state index in [4.69, 9.17) is 9.84 Å². The number of carboxylic acid groups (broad SMARTS) is 1. The summed E-state index contributed by atoms with van der Waals surface area (Å²) in [5, 5.41) is 18.5. The van der Waals surface area contributed by atoms with E-state index in [1.807, 2.05) is 6.92 Å². The highest BCUT2D eigenvalue weighted by Gasteiger charge is 2.51. The molecule has 1 aliphatic heterocycles. The van der Waals surface area contributed by atoms with Gasteiger partial charge in [-0.1, -0.05) is 6.92 Å². The third kappa shape index (κ3) is 2.63. The zero-order valence-electron chi connectivity index (χ0n) is 9.14. The molecule has 0 radical (unpaired) electrons. The van der Waals surface area contributed by atoms with E-state index in [9.17, 15) is 9.90 Å². The molecule has 2 N–H and O–H groups in total. The molecule has 5 nitrogen and oxygen atoms in total. The van der Waals surface area contributed by atoms with Crippen LogP contribution in [0.1, 0.15) is 20.8 Å². The van der Waals surface area contributed by atoms with Crippen LogP contribution in [-0.4, -0.2) is 50.8 Å². The van der Waals surface area contributed by atoms with Gasteiger partial charge >= 0.3 is 5.97 Å². The van der Waals surface area contributed by atoms with Crippen LogP contribution < -0.4 is 0 Å². The van der Waals surface area contributed by atoms with Crippen molar-refractivity contribution < 1.29 is 19.7 Å². The average Bonchev–Trinajstić information content (AvgIpc) is 2.10. The molecular weight excluding hydrogens is 218 g/mol. The van der Waals surface area contributed by atoms with Crippen molar-refractivity contribution in [2.75, 3.05) is 11.5 Å². The summed E-state index contributed by atoms with van der Waals surface area (Å²) in [6, 6.07) is -0.700. The molecule has 0 bridgehead atoms. The summed E-state index contributed by atoms with van der Waals surface area (Å²) >= 11 is 1.54. The van der Waals surface area contributed by atoms with Crippen molar-refractivity contribution in [1.82, 2.24) is 4.90 Å². The third-order valence-electron chi connectivity index (χ3n) is 2.35. The van der Waals surface area contributed by atoms with Crippen LogP contribution in [0.15, 0.2) is 0 Å². The second kappa shape index (κ2) is 4.69. The maximum absolute atomic E-state index is 11.1. The third-order valence-corrected chi connectivity index (χ3v) is 3.31. The lowest BCUT2D eigenvalue weighted by Gasteiger charge is -2.53. The quantitative estimate of drug-likeness (QED) is 0.724. The topological polar surface area (TPSA) is 70.0 Å². The molecule has 15 heavy (non-hydrogen) atoms. The number of hydrogen-bond donors (Lipinski definition) is 2. The van der Waals surface area contributed by atoms with E-state index in [0.29, 0.717) is 5.75 Å². The van der Waals surface area contributed by atoms with Gasteiger partial charge in [0.25, 0.3) is 0 Å². The summed E-state index contributed by atoms with van der Waals surface area (Å²) < 4.78 is 5.06. The van der Waals surface area contributed by atoms with Gasteiger partial charge in [0.05, 0.1) is 0 Å². The Morgan fingerprint density at radius 3 is 2.60 bits per heavy atom. The van der Waals surface area contributed by atoms with Gasteiger partial charge in [-0.2, -0.15) is 11.8 Å². The first-order valence-corrected chi connectivity index (χ1v) is 6.00. The van der Waals surface area contributed by atoms with Gasteiger partial charge in [-0.3, -0.25) is 4.79 Å². The van der Waals surface area contributed by atoms with Gasteiger partial charge in [-0.25, -0.2) is 4.90 Å². The van der Waals surface area contributed by atoms with Gasteiger partial charge in [0.2, 0.25) is 6.41 Å². The van der Waals surface area contributed by atoms with Crippen molar-refractivity contribution in [3.05, 3.63) is 0 Å². The number of carbonyl (C=O) groups is 1. The number of aliphatic hydroxyl groups excluding tert-OH is 1. The van der Waals surface area contributed by atoms with E-state index in [1.165, 1.54) is 16.7 Å². The van der Waals surface area contributed by atoms with E-state index in [1.54, 1.807) is 13.8 Å². The Kier molecular flexibility index (Phi) is 3.99. The van der Waals surface area contributed by atoms with Crippen molar-refractivity contribution in [2.24, 2.45) is 0 Å². The lowest BCUT2D eigenvalue weighted by molar-refractivity contribution is -0.417. The molecule has 1 aliphatic rings. The molecule has 0 aromatic rings. The molecule has 1 fully saturated rings. The number of ether oxygens (including phenoxy) is 1. The standard InChI is InChI=1S/C9H17NO4S/c1-4-15-5-6(7(11)12)10-8(13)14-9(10,2)3/h6,8,13H,4-5H2,1-3H3,(H,11,12). The van der Waals surface area contributed by atoms with Gasteiger partial charge in [-0.15, -0.1) is 0 Å². The Bertz CT molecular complexity index is 246. The van der Waals surface area contributed by atoms with Crippen molar-refractivity contribution in [3.63, 3.8) is 0 Å². The highest BCUT2D eigenvalue weighted by molar-refractivity contribution is 7.99. The molecule has 0 aromatic heterocycles. The molecule has 0 aromatic carbocycles. The van der Waals surface area contributed by atoms with E-state index in [0.717, 1.165) is 5.75 Å². The summed E-state index contributed by atoms with van der Waals surface area (Å²) in [7, 11) is 0. The van der Waals surface area contributed by atoms with Crippen LogP contribution in [0.3, 0.4) is 0 Å². The molecule has 1 saturated heterocycles. The van der Waals surface area contributed by atoms with Crippen LogP contribution in [0.25, 0.3) is 0 Å². The molecule has 1 heterocycles. The molecule has 0 aliphatic carbocycles. The zero-order valence-corrected chi connectivity index (χ0v) is 9.95. The van der Waals surface area contributed by atoms with Crippen molar-refractivity contribution >= 4 is 17.7 Å². The monoisotopic (exact) mass is 235 g/mol.